The molecule has 3 heterocycles. The van der Waals surface area contributed by atoms with E-state index in [0.717, 1.165) is 45.4 Å². The summed E-state index contributed by atoms with van der Waals surface area (Å²) in [5, 5.41) is 10.1. The van der Waals surface area contributed by atoms with Gasteiger partial charge in [0.25, 0.3) is 5.91 Å². The highest BCUT2D eigenvalue weighted by Crippen LogP contribution is 2.34. The van der Waals surface area contributed by atoms with Crippen LogP contribution in [0.5, 0.6) is 0 Å². The van der Waals surface area contributed by atoms with Crippen LogP contribution in [0.1, 0.15) is 27.5 Å². The molecule has 1 amide bonds. The number of rotatable bonds is 4. The molecule has 0 bridgehead atoms. The largest absolute Gasteiger partial charge is 0.451 e. The maximum absolute atomic E-state index is 12.6. The molecule has 4 rings (SSSR count). The lowest BCUT2D eigenvalue weighted by Crippen LogP contribution is -2.42. The van der Waals surface area contributed by atoms with Gasteiger partial charge in [0.1, 0.15) is 10.6 Å². The summed E-state index contributed by atoms with van der Waals surface area (Å²) in [6, 6.07) is 7.81. The van der Waals surface area contributed by atoms with Crippen LogP contribution in [0.2, 0.25) is 0 Å². The smallest absolute Gasteiger partial charge is 0.289 e. The zero-order valence-corrected chi connectivity index (χ0v) is 14.2. The first-order valence-electron chi connectivity index (χ1n) is 7.45. The van der Waals surface area contributed by atoms with Crippen LogP contribution >= 0.6 is 23.1 Å². The lowest BCUT2D eigenvalue weighted by molar-refractivity contribution is 0.0620. The number of carbonyl (C=O) groups excluding carboxylic acids is 1. The zero-order valence-electron chi connectivity index (χ0n) is 12.6. The summed E-state index contributed by atoms with van der Waals surface area (Å²) < 4.78 is 6.79. The molecule has 0 N–H and O–H groups in total. The third kappa shape index (κ3) is 2.74. The van der Waals surface area contributed by atoms with E-state index in [1.807, 2.05) is 36.1 Å². The van der Waals surface area contributed by atoms with Crippen LogP contribution in [0, 0.1) is 6.92 Å². The number of aryl methyl sites for hydroxylation is 1. The van der Waals surface area contributed by atoms with Crippen molar-refractivity contribution in [3.05, 3.63) is 40.6 Å². The zero-order chi connectivity index (χ0) is 15.8. The molecule has 0 unspecified atom stereocenters. The van der Waals surface area contributed by atoms with Crippen molar-refractivity contribution in [3.8, 4) is 0 Å². The van der Waals surface area contributed by atoms with E-state index in [1.54, 1.807) is 23.1 Å². The van der Waals surface area contributed by atoms with Crippen molar-refractivity contribution in [1.82, 2.24) is 15.1 Å². The van der Waals surface area contributed by atoms with E-state index in [1.165, 1.54) is 0 Å². The van der Waals surface area contributed by atoms with Crippen molar-refractivity contribution in [1.29, 1.82) is 0 Å². The Labute approximate surface area is 141 Å². The third-order valence-corrected chi connectivity index (χ3v) is 5.88. The molecule has 23 heavy (non-hydrogen) atoms. The lowest BCUT2D eigenvalue weighted by atomic mass is 10.1. The van der Waals surface area contributed by atoms with Gasteiger partial charge in [-0.25, -0.2) is 0 Å². The molecule has 0 atom stereocenters. The average Bonchev–Trinajstić information content (AvgIpc) is 3.07. The SMILES string of the molecule is Cc1nnc(SCc2c(C(=O)N3CCC3)oc3ccccc23)s1. The summed E-state index contributed by atoms with van der Waals surface area (Å²) in [7, 11) is 0. The van der Waals surface area contributed by atoms with Crippen LogP contribution in [0.15, 0.2) is 33.0 Å². The van der Waals surface area contributed by atoms with Gasteiger partial charge < -0.3 is 9.32 Å². The highest BCUT2D eigenvalue weighted by molar-refractivity contribution is 8.00. The predicted molar refractivity (Wildman–Crippen MR) is 90.9 cm³/mol. The molecule has 118 valence electrons. The first kappa shape index (κ1) is 14.7. The molecule has 1 saturated heterocycles. The monoisotopic (exact) mass is 345 g/mol. The molecule has 2 aromatic heterocycles. The Morgan fingerprint density at radius 3 is 2.87 bits per heavy atom. The van der Waals surface area contributed by atoms with E-state index in [0.29, 0.717) is 11.5 Å². The Morgan fingerprint density at radius 1 is 1.35 bits per heavy atom. The number of carbonyl (C=O) groups is 1. The second-order valence-corrected chi connectivity index (χ2v) is 7.83. The van der Waals surface area contributed by atoms with Crippen LogP contribution in [0.25, 0.3) is 11.0 Å². The number of thioether (sulfide) groups is 1. The minimum absolute atomic E-state index is 0.00325. The summed E-state index contributed by atoms with van der Waals surface area (Å²) in [4.78, 5) is 14.5. The predicted octanol–water partition coefficient (Wildman–Crippen LogP) is 3.73. The Hall–Kier alpha value is -1.86. The standard InChI is InChI=1S/C16H15N3O2S2/c1-10-17-18-16(23-10)22-9-12-11-5-2-3-6-13(11)21-14(12)15(20)19-7-4-8-19/h2-3,5-6H,4,7-9H2,1H3. The Bertz CT molecular complexity index is 867. The maximum atomic E-state index is 12.6. The number of likely N-dealkylation sites (tertiary alicyclic amines) is 1. The van der Waals surface area contributed by atoms with Gasteiger partial charge in [-0.05, 0) is 19.4 Å². The molecule has 0 saturated carbocycles. The van der Waals surface area contributed by atoms with E-state index in [4.69, 9.17) is 4.42 Å². The number of hydrogen-bond acceptors (Lipinski definition) is 6. The Morgan fingerprint density at radius 2 is 2.17 bits per heavy atom. The molecule has 0 aliphatic carbocycles. The molecule has 3 aromatic rings. The molecule has 0 spiro atoms. The maximum Gasteiger partial charge on any atom is 0.289 e. The number of hydrogen-bond donors (Lipinski definition) is 0. The van der Waals surface area contributed by atoms with E-state index in [2.05, 4.69) is 10.2 Å². The average molecular weight is 345 g/mol. The molecule has 7 heteroatoms. The molecule has 1 aromatic carbocycles. The van der Waals surface area contributed by atoms with Crippen LogP contribution in [-0.2, 0) is 5.75 Å². The Kier molecular flexibility index (Phi) is 3.82. The molecule has 1 aliphatic rings. The lowest BCUT2D eigenvalue weighted by Gasteiger charge is -2.30. The summed E-state index contributed by atoms with van der Waals surface area (Å²) in [6.07, 6.45) is 1.07. The second kappa shape index (κ2) is 5.98. The van der Waals surface area contributed by atoms with Gasteiger partial charge >= 0.3 is 0 Å². The summed E-state index contributed by atoms with van der Waals surface area (Å²) >= 11 is 3.16. The van der Waals surface area contributed by atoms with Crippen LogP contribution in [-0.4, -0.2) is 34.1 Å². The van der Waals surface area contributed by atoms with E-state index >= 15 is 0 Å². The third-order valence-electron chi connectivity index (χ3n) is 3.88. The first-order valence-corrected chi connectivity index (χ1v) is 9.25. The highest BCUT2D eigenvalue weighted by atomic mass is 32.2. The Balaban J connectivity index is 1.68. The van der Waals surface area contributed by atoms with Crippen LogP contribution in [0.4, 0.5) is 0 Å². The quantitative estimate of drug-likeness (QED) is 0.674. The van der Waals surface area contributed by atoms with Crippen molar-refractivity contribution in [2.24, 2.45) is 0 Å². The normalized spacial score (nSPS) is 14.2. The fraction of sp³-hybridized carbons (Fsp3) is 0.312. The van der Waals surface area contributed by atoms with Crippen molar-refractivity contribution < 1.29 is 9.21 Å². The van der Waals surface area contributed by atoms with Gasteiger partial charge in [-0.2, -0.15) is 0 Å². The topological polar surface area (TPSA) is 59.2 Å². The number of fused-ring (bicyclic) bond motifs is 1. The second-order valence-electron chi connectivity index (χ2n) is 5.43. The minimum Gasteiger partial charge on any atom is -0.451 e. The van der Waals surface area contributed by atoms with Gasteiger partial charge in [0.15, 0.2) is 10.1 Å². The van der Waals surface area contributed by atoms with E-state index in [-0.39, 0.29) is 5.91 Å². The minimum atomic E-state index is -0.00325. The fourth-order valence-corrected chi connectivity index (χ4v) is 4.39. The van der Waals surface area contributed by atoms with Crippen LogP contribution in [0.3, 0.4) is 0 Å². The van der Waals surface area contributed by atoms with Crippen molar-refractivity contribution in [2.45, 2.75) is 23.4 Å². The van der Waals surface area contributed by atoms with Gasteiger partial charge in [-0.15, -0.1) is 10.2 Å². The summed E-state index contributed by atoms with van der Waals surface area (Å²) in [5.74, 6) is 1.12. The number of nitrogens with zero attached hydrogens (tertiary/aromatic N) is 3. The fourth-order valence-electron chi connectivity index (χ4n) is 2.55. The van der Waals surface area contributed by atoms with E-state index < -0.39 is 0 Å². The van der Waals surface area contributed by atoms with Crippen LogP contribution < -0.4 is 0 Å². The van der Waals surface area contributed by atoms with Gasteiger partial charge in [0.05, 0.1) is 0 Å². The highest BCUT2D eigenvalue weighted by Gasteiger charge is 2.28. The van der Waals surface area contributed by atoms with Gasteiger partial charge in [0.2, 0.25) is 0 Å². The number of amides is 1. The first-order chi connectivity index (χ1) is 11.2. The van der Waals surface area contributed by atoms with E-state index in [9.17, 15) is 4.79 Å². The number of para-hydroxylation sites is 1. The van der Waals surface area contributed by atoms with Crippen molar-refractivity contribution in [2.75, 3.05) is 13.1 Å². The van der Waals surface area contributed by atoms with Crippen molar-refractivity contribution >= 4 is 40.0 Å². The number of benzene rings is 1. The van der Waals surface area contributed by atoms with Gasteiger partial charge in [0, 0.05) is 29.8 Å². The molecule has 1 aliphatic heterocycles. The molecule has 5 nitrogen and oxygen atoms in total. The summed E-state index contributed by atoms with van der Waals surface area (Å²) in [6.45, 7) is 3.57. The summed E-state index contributed by atoms with van der Waals surface area (Å²) in [5.41, 5.74) is 1.72. The molecule has 0 radical (unpaired) electrons. The van der Waals surface area contributed by atoms with Gasteiger partial charge in [-0.1, -0.05) is 41.3 Å². The molecule has 1 fully saturated rings. The molecular weight excluding hydrogens is 330 g/mol. The number of furan rings is 1. The van der Waals surface area contributed by atoms with Crippen molar-refractivity contribution in [3.63, 3.8) is 0 Å². The van der Waals surface area contributed by atoms with Gasteiger partial charge in [-0.3, -0.25) is 4.79 Å². The number of aromatic nitrogens is 2. The molecular formula is C16H15N3O2S2.